The molecule has 1 saturated heterocycles. The number of hydrogen-bond acceptors (Lipinski definition) is 7. The molecule has 2 aliphatic rings. The molecule has 2 amide bonds. The molecule has 9 nitrogen and oxygen atoms in total. The molecule has 30 heavy (non-hydrogen) atoms. The molecule has 5 rings (SSSR count). The summed E-state index contributed by atoms with van der Waals surface area (Å²) in [5, 5.41) is 13.4. The minimum atomic E-state index is -0.374. The number of rotatable bonds is 6. The van der Waals surface area contributed by atoms with Gasteiger partial charge in [0.25, 0.3) is 5.91 Å². The minimum Gasteiger partial charge on any atom is -0.351 e. The summed E-state index contributed by atoms with van der Waals surface area (Å²) >= 11 is 0. The van der Waals surface area contributed by atoms with E-state index in [1.54, 1.807) is 16.8 Å². The molecule has 1 aliphatic heterocycles. The number of hydrogen-bond donors (Lipinski definition) is 3. The fraction of sp³-hybridized carbons (Fsp3) is 0.286. The highest BCUT2D eigenvalue weighted by atomic mass is 16.2. The molecule has 3 N–H and O–H groups in total. The van der Waals surface area contributed by atoms with Crippen molar-refractivity contribution in [3.05, 3.63) is 53.2 Å². The number of benzene rings is 1. The molecule has 2 aromatic heterocycles. The second-order valence-corrected chi connectivity index (χ2v) is 7.63. The molecule has 1 atom stereocenters. The first-order valence-corrected chi connectivity index (χ1v) is 9.95. The van der Waals surface area contributed by atoms with Gasteiger partial charge in [0.15, 0.2) is 5.65 Å². The molecule has 0 radical (unpaired) electrons. The van der Waals surface area contributed by atoms with Crippen molar-refractivity contribution < 1.29 is 9.59 Å². The van der Waals surface area contributed by atoms with Gasteiger partial charge in [0.05, 0.1) is 18.7 Å². The van der Waals surface area contributed by atoms with Crippen LogP contribution in [0.2, 0.25) is 0 Å². The van der Waals surface area contributed by atoms with Gasteiger partial charge in [-0.25, -0.2) is 0 Å². The van der Waals surface area contributed by atoms with Gasteiger partial charge in [-0.2, -0.15) is 19.6 Å². The molecule has 3 heterocycles. The molecule has 0 unspecified atom stereocenters. The summed E-state index contributed by atoms with van der Waals surface area (Å²) in [5.74, 6) is 0.393. The van der Waals surface area contributed by atoms with Crippen LogP contribution in [0.5, 0.6) is 0 Å². The molecule has 1 aliphatic carbocycles. The zero-order valence-electron chi connectivity index (χ0n) is 16.4. The average Bonchev–Trinajstić information content (AvgIpc) is 3.37. The van der Waals surface area contributed by atoms with E-state index < -0.39 is 0 Å². The smallest absolute Gasteiger partial charge is 0.254 e. The zero-order chi connectivity index (χ0) is 20.7. The van der Waals surface area contributed by atoms with Crippen LogP contribution in [0.1, 0.15) is 43.4 Å². The largest absolute Gasteiger partial charge is 0.351 e. The van der Waals surface area contributed by atoms with E-state index in [-0.39, 0.29) is 24.3 Å². The van der Waals surface area contributed by atoms with Gasteiger partial charge in [0.2, 0.25) is 17.8 Å². The predicted octanol–water partition coefficient (Wildman–Crippen LogP) is 2.30. The Balaban J connectivity index is 1.53. The van der Waals surface area contributed by atoms with Gasteiger partial charge in [-0.1, -0.05) is 30.3 Å². The maximum Gasteiger partial charge on any atom is 0.254 e. The van der Waals surface area contributed by atoms with Gasteiger partial charge < -0.3 is 10.6 Å². The number of anilines is 2. The lowest BCUT2D eigenvalue weighted by Crippen LogP contribution is -2.19. The molecule has 3 aromatic rings. The van der Waals surface area contributed by atoms with Crippen LogP contribution in [-0.4, -0.2) is 37.4 Å². The summed E-state index contributed by atoms with van der Waals surface area (Å²) in [7, 11) is 0. The average molecular weight is 403 g/mol. The Morgan fingerprint density at radius 1 is 1.20 bits per heavy atom. The lowest BCUT2D eigenvalue weighted by atomic mass is 10.1. The van der Waals surface area contributed by atoms with Crippen molar-refractivity contribution in [2.24, 2.45) is 0 Å². The summed E-state index contributed by atoms with van der Waals surface area (Å²) in [6, 6.07) is 10.4. The highest BCUT2D eigenvalue weighted by Crippen LogP contribution is 2.27. The molecule has 152 valence electrons. The fourth-order valence-electron chi connectivity index (χ4n) is 3.39. The second-order valence-electron chi connectivity index (χ2n) is 7.63. The third-order valence-electron chi connectivity index (χ3n) is 5.18. The van der Waals surface area contributed by atoms with Gasteiger partial charge in [-0.3, -0.25) is 14.9 Å². The lowest BCUT2D eigenvalue weighted by molar-refractivity contribution is -0.124. The maximum absolute atomic E-state index is 12.0. The zero-order valence-corrected chi connectivity index (χ0v) is 16.4. The van der Waals surface area contributed by atoms with E-state index in [0.29, 0.717) is 34.7 Å². The molecule has 0 spiro atoms. The number of carbonyl (C=O) groups is 2. The minimum absolute atomic E-state index is 0.00498. The van der Waals surface area contributed by atoms with E-state index >= 15 is 0 Å². The van der Waals surface area contributed by atoms with Crippen molar-refractivity contribution in [3.8, 4) is 0 Å². The summed E-state index contributed by atoms with van der Waals surface area (Å²) < 4.78 is 1.64. The molecule has 1 aromatic carbocycles. The van der Waals surface area contributed by atoms with E-state index in [9.17, 15) is 9.59 Å². The highest BCUT2D eigenvalue weighted by molar-refractivity contribution is 6.15. The summed E-state index contributed by atoms with van der Waals surface area (Å²) in [4.78, 5) is 32.7. The number of nitrogens with one attached hydrogen (secondary N) is 3. The first kappa shape index (κ1) is 18.3. The van der Waals surface area contributed by atoms with Gasteiger partial charge in [-0.05, 0) is 31.4 Å². The van der Waals surface area contributed by atoms with Crippen LogP contribution >= 0.6 is 0 Å². The first-order valence-electron chi connectivity index (χ1n) is 9.95. The topological polar surface area (TPSA) is 113 Å². The van der Waals surface area contributed by atoms with Gasteiger partial charge >= 0.3 is 0 Å². The number of amides is 2. The standard InChI is InChI=1S/C21H21N7O2/c1-12(13-5-3-2-4-6-13)23-20-26-18-15(9-14-10-17(29)25-19(14)30)11-22-28(18)21(27-20)24-16-7-8-16/h2-6,9,11-12,16H,7-8,10H2,1H3,(H,25,29,30)(H2,23,24,26,27)/b14-9+/t12-/m0/s1. The second kappa shape index (κ2) is 7.25. The van der Waals surface area contributed by atoms with Crippen molar-refractivity contribution in [2.75, 3.05) is 10.6 Å². The highest BCUT2D eigenvalue weighted by Gasteiger charge is 2.26. The molecule has 1 saturated carbocycles. The van der Waals surface area contributed by atoms with E-state index in [1.165, 1.54) is 0 Å². The van der Waals surface area contributed by atoms with Gasteiger partial charge in [0.1, 0.15) is 0 Å². The third kappa shape index (κ3) is 3.61. The van der Waals surface area contributed by atoms with Crippen molar-refractivity contribution in [1.82, 2.24) is 24.9 Å². The molecular weight excluding hydrogens is 382 g/mol. The van der Waals surface area contributed by atoms with E-state index in [1.807, 2.05) is 37.3 Å². The van der Waals surface area contributed by atoms with Crippen molar-refractivity contribution in [3.63, 3.8) is 0 Å². The number of imide groups is 1. The number of carbonyl (C=O) groups excluding carboxylic acids is 2. The fourth-order valence-corrected chi connectivity index (χ4v) is 3.39. The van der Waals surface area contributed by atoms with E-state index in [4.69, 9.17) is 0 Å². The maximum atomic E-state index is 12.0. The van der Waals surface area contributed by atoms with Crippen molar-refractivity contribution >= 4 is 35.4 Å². The Kier molecular flexibility index (Phi) is 4.42. The van der Waals surface area contributed by atoms with E-state index in [0.717, 1.165) is 18.4 Å². The monoisotopic (exact) mass is 403 g/mol. The summed E-state index contributed by atoms with van der Waals surface area (Å²) in [6.45, 7) is 2.05. The van der Waals surface area contributed by atoms with Crippen LogP contribution in [0.3, 0.4) is 0 Å². The van der Waals surface area contributed by atoms with Crippen LogP contribution in [-0.2, 0) is 9.59 Å². The molecule has 0 bridgehead atoms. The van der Waals surface area contributed by atoms with E-state index in [2.05, 4.69) is 31.0 Å². The Labute approximate surface area is 172 Å². The lowest BCUT2D eigenvalue weighted by Gasteiger charge is -2.15. The molecule has 9 heteroatoms. The third-order valence-corrected chi connectivity index (χ3v) is 5.18. The van der Waals surface area contributed by atoms with Crippen LogP contribution in [0, 0.1) is 0 Å². The quantitative estimate of drug-likeness (QED) is 0.427. The van der Waals surface area contributed by atoms with Crippen molar-refractivity contribution in [2.45, 2.75) is 38.3 Å². The molecule has 2 fully saturated rings. The van der Waals surface area contributed by atoms with Crippen LogP contribution in [0.15, 0.2) is 42.1 Å². The Hall–Kier alpha value is -3.75. The van der Waals surface area contributed by atoms with Crippen LogP contribution in [0.4, 0.5) is 11.9 Å². The summed E-state index contributed by atoms with van der Waals surface area (Å²) in [5.41, 5.74) is 2.74. The number of fused-ring (bicyclic) bond motifs is 1. The molecular formula is C21H21N7O2. The Morgan fingerprint density at radius 3 is 2.70 bits per heavy atom. The SMILES string of the molecule is C[C@H](Nc1nc(NC2CC2)n2ncc(/C=C3\CC(=O)NC3=O)c2n1)c1ccccc1. The van der Waals surface area contributed by atoms with Crippen LogP contribution < -0.4 is 16.0 Å². The van der Waals surface area contributed by atoms with Crippen molar-refractivity contribution in [1.29, 1.82) is 0 Å². The van der Waals surface area contributed by atoms with Crippen LogP contribution in [0.25, 0.3) is 11.7 Å². The predicted molar refractivity (Wildman–Crippen MR) is 112 cm³/mol. The summed E-state index contributed by atoms with van der Waals surface area (Å²) in [6.07, 6.45) is 5.55. The van der Waals surface area contributed by atoms with Gasteiger partial charge in [-0.15, -0.1) is 0 Å². The number of nitrogens with zero attached hydrogens (tertiary/aromatic N) is 4. The van der Waals surface area contributed by atoms with Gasteiger partial charge in [0, 0.05) is 17.2 Å². The normalized spacial score (nSPS) is 18.6. The Bertz CT molecular complexity index is 1160. The first-order chi connectivity index (χ1) is 14.6. The number of aromatic nitrogens is 4. The Morgan fingerprint density at radius 2 is 2.00 bits per heavy atom.